The van der Waals surface area contributed by atoms with Gasteiger partial charge in [-0.1, -0.05) is 19.8 Å². The Hall–Kier alpha value is -1.17. The molecule has 1 aliphatic rings. The van der Waals surface area contributed by atoms with Crippen LogP contribution in [0.5, 0.6) is 0 Å². The van der Waals surface area contributed by atoms with Crippen molar-refractivity contribution in [2.75, 3.05) is 13.1 Å². The molecule has 1 aliphatic heterocycles. The lowest BCUT2D eigenvalue weighted by Gasteiger charge is -2.29. The van der Waals surface area contributed by atoms with Crippen molar-refractivity contribution < 1.29 is 0 Å². The summed E-state index contributed by atoms with van der Waals surface area (Å²) < 4.78 is 0. The molecule has 0 bridgehead atoms. The fourth-order valence-corrected chi connectivity index (χ4v) is 1.07. The van der Waals surface area contributed by atoms with Crippen molar-refractivity contribution in [3.8, 4) is 12.3 Å². The molecular formula is C10H17N3. The molecule has 3 heteroatoms. The average molecular weight is 179 g/mol. The van der Waals surface area contributed by atoms with Gasteiger partial charge >= 0.3 is 0 Å². The Kier molecular flexibility index (Phi) is 2.82. The van der Waals surface area contributed by atoms with Crippen LogP contribution in [0.25, 0.3) is 0 Å². The number of hydrogen-bond donors (Lipinski definition) is 2. The lowest BCUT2D eigenvalue weighted by atomic mass is 9.93. The van der Waals surface area contributed by atoms with E-state index in [1.54, 1.807) is 0 Å². The van der Waals surface area contributed by atoms with Gasteiger partial charge in [0.2, 0.25) is 0 Å². The van der Waals surface area contributed by atoms with Crippen LogP contribution in [0, 0.1) is 17.8 Å². The van der Waals surface area contributed by atoms with E-state index in [-0.39, 0.29) is 11.5 Å². The second-order valence-corrected chi connectivity index (χ2v) is 4.22. The van der Waals surface area contributed by atoms with Gasteiger partial charge in [-0.25, -0.2) is 0 Å². The van der Waals surface area contributed by atoms with Gasteiger partial charge in [0.1, 0.15) is 0 Å². The monoisotopic (exact) mass is 179 g/mol. The van der Waals surface area contributed by atoms with Crippen LogP contribution in [-0.2, 0) is 0 Å². The molecule has 0 aliphatic carbocycles. The van der Waals surface area contributed by atoms with Gasteiger partial charge < -0.3 is 10.6 Å². The van der Waals surface area contributed by atoms with Crippen LogP contribution >= 0.6 is 0 Å². The Bertz CT molecular complexity index is 247. The number of aliphatic imine (C=N–C) groups is 1. The third kappa shape index (κ3) is 2.98. The number of rotatable bonds is 1. The fraction of sp³-hybridized carbons (Fsp3) is 0.700. The third-order valence-electron chi connectivity index (χ3n) is 2.00. The molecule has 0 spiro atoms. The van der Waals surface area contributed by atoms with Crippen LogP contribution < -0.4 is 10.6 Å². The maximum atomic E-state index is 5.25. The minimum atomic E-state index is 0.0347. The number of terminal acetylenes is 1. The normalized spacial score (nSPS) is 22.2. The van der Waals surface area contributed by atoms with E-state index in [0.29, 0.717) is 0 Å². The number of nitrogens with zero attached hydrogens (tertiary/aromatic N) is 1. The van der Waals surface area contributed by atoms with Crippen molar-refractivity contribution in [3.63, 3.8) is 0 Å². The highest BCUT2D eigenvalue weighted by Gasteiger charge is 2.22. The Morgan fingerprint density at radius 3 is 2.85 bits per heavy atom. The van der Waals surface area contributed by atoms with Crippen molar-refractivity contribution in [1.82, 2.24) is 10.6 Å². The van der Waals surface area contributed by atoms with Gasteiger partial charge in [-0.2, -0.15) is 0 Å². The summed E-state index contributed by atoms with van der Waals surface area (Å²) in [7, 11) is 0. The van der Waals surface area contributed by atoms with Crippen LogP contribution in [0.1, 0.15) is 20.8 Å². The SMILES string of the molecule is C#CC(C)NC1=NCC(C)(C)CN1. The molecule has 0 aromatic rings. The Labute approximate surface area is 80.0 Å². The molecule has 1 rings (SSSR count). The summed E-state index contributed by atoms with van der Waals surface area (Å²) in [6.45, 7) is 8.09. The molecule has 1 unspecified atom stereocenters. The Morgan fingerprint density at radius 1 is 1.69 bits per heavy atom. The summed E-state index contributed by atoms with van der Waals surface area (Å²) in [5, 5.41) is 6.33. The molecule has 0 radical (unpaired) electrons. The number of guanidine groups is 1. The molecule has 0 saturated heterocycles. The molecule has 1 atom stereocenters. The van der Waals surface area contributed by atoms with E-state index in [1.165, 1.54) is 0 Å². The summed E-state index contributed by atoms with van der Waals surface area (Å²) in [5.74, 6) is 3.42. The van der Waals surface area contributed by atoms with Crippen molar-refractivity contribution in [2.24, 2.45) is 10.4 Å². The van der Waals surface area contributed by atoms with Crippen LogP contribution in [0.3, 0.4) is 0 Å². The van der Waals surface area contributed by atoms with E-state index >= 15 is 0 Å². The fourth-order valence-electron chi connectivity index (χ4n) is 1.07. The second kappa shape index (κ2) is 3.69. The van der Waals surface area contributed by atoms with Crippen molar-refractivity contribution >= 4 is 5.96 Å². The zero-order chi connectivity index (χ0) is 9.90. The minimum Gasteiger partial charge on any atom is -0.356 e. The molecular weight excluding hydrogens is 162 g/mol. The zero-order valence-electron chi connectivity index (χ0n) is 8.52. The zero-order valence-corrected chi connectivity index (χ0v) is 8.52. The highest BCUT2D eigenvalue weighted by atomic mass is 15.2. The smallest absolute Gasteiger partial charge is 0.192 e. The summed E-state index contributed by atoms with van der Waals surface area (Å²) in [4.78, 5) is 4.37. The maximum absolute atomic E-state index is 5.25. The summed E-state index contributed by atoms with van der Waals surface area (Å²) in [6.07, 6.45) is 5.25. The number of hydrogen-bond acceptors (Lipinski definition) is 3. The molecule has 72 valence electrons. The Morgan fingerprint density at radius 2 is 2.38 bits per heavy atom. The van der Waals surface area contributed by atoms with Gasteiger partial charge in [0.25, 0.3) is 0 Å². The molecule has 3 nitrogen and oxygen atoms in total. The van der Waals surface area contributed by atoms with Gasteiger partial charge in [-0.05, 0) is 6.92 Å². The van der Waals surface area contributed by atoms with Gasteiger partial charge in [0, 0.05) is 18.5 Å². The predicted molar refractivity (Wildman–Crippen MR) is 55.5 cm³/mol. The summed E-state index contributed by atoms with van der Waals surface area (Å²) >= 11 is 0. The quantitative estimate of drug-likeness (QED) is 0.578. The van der Waals surface area contributed by atoms with Crippen LogP contribution in [-0.4, -0.2) is 25.1 Å². The largest absolute Gasteiger partial charge is 0.356 e. The first-order chi connectivity index (χ1) is 6.03. The van der Waals surface area contributed by atoms with E-state index in [4.69, 9.17) is 6.42 Å². The van der Waals surface area contributed by atoms with Gasteiger partial charge in [0.15, 0.2) is 5.96 Å². The minimum absolute atomic E-state index is 0.0347. The van der Waals surface area contributed by atoms with Crippen LogP contribution in [0.4, 0.5) is 0 Å². The van der Waals surface area contributed by atoms with Gasteiger partial charge in [0.05, 0.1) is 6.04 Å². The second-order valence-electron chi connectivity index (χ2n) is 4.22. The summed E-state index contributed by atoms with van der Waals surface area (Å²) in [5.41, 5.74) is 0.255. The predicted octanol–water partition coefficient (Wildman–Crippen LogP) is 0.583. The lowest BCUT2D eigenvalue weighted by Crippen LogP contribution is -2.49. The molecule has 13 heavy (non-hydrogen) atoms. The highest BCUT2D eigenvalue weighted by Crippen LogP contribution is 2.15. The van der Waals surface area contributed by atoms with E-state index in [0.717, 1.165) is 19.0 Å². The van der Waals surface area contributed by atoms with Crippen molar-refractivity contribution in [1.29, 1.82) is 0 Å². The molecule has 1 heterocycles. The Balaban J connectivity index is 2.48. The lowest BCUT2D eigenvalue weighted by molar-refractivity contribution is 0.357. The topological polar surface area (TPSA) is 36.4 Å². The molecule has 0 aromatic heterocycles. The molecule has 0 aromatic carbocycles. The third-order valence-corrected chi connectivity index (χ3v) is 2.00. The van der Waals surface area contributed by atoms with E-state index in [9.17, 15) is 0 Å². The first kappa shape index (κ1) is 9.91. The van der Waals surface area contributed by atoms with E-state index in [2.05, 4.69) is 35.4 Å². The van der Waals surface area contributed by atoms with Crippen molar-refractivity contribution in [3.05, 3.63) is 0 Å². The van der Waals surface area contributed by atoms with Crippen LogP contribution in [0.15, 0.2) is 4.99 Å². The van der Waals surface area contributed by atoms with Gasteiger partial charge in [-0.3, -0.25) is 4.99 Å². The standard InChI is InChI=1S/C10H17N3/c1-5-8(2)13-9-11-6-10(3,4)7-12-9/h1,8H,6-7H2,2-4H3,(H2,11,12,13). The first-order valence-corrected chi connectivity index (χ1v) is 4.54. The van der Waals surface area contributed by atoms with E-state index in [1.807, 2.05) is 6.92 Å². The maximum Gasteiger partial charge on any atom is 0.192 e. The van der Waals surface area contributed by atoms with Crippen molar-refractivity contribution in [2.45, 2.75) is 26.8 Å². The summed E-state index contributed by atoms with van der Waals surface area (Å²) in [6, 6.07) is 0.0347. The molecule has 0 saturated carbocycles. The highest BCUT2D eigenvalue weighted by molar-refractivity contribution is 5.81. The molecule has 0 amide bonds. The van der Waals surface area contributed by atoms with Gasteiger partial charge in [-0.15, -0.1) is 6.42 Å². The first-order valence-electron chi connectivity index (χ1n) is 4.54. The molecule has 2 N–H and O–H groups in total. The average Bonchev–Trinajstić information content (AvgIpc) is 2.08. The number of nitrogens with one attached hydrogen (secondary N) is 2. The molecule has 0 fully saturated rings. The van der Waals surface area contributed by atoms with E-state index < -0.39 is 0 Å². The van der Waals surface area contributed by atoms with Crippen LogP contribution in [0.2, 0.25) is 0 Å².